The molecule has 18 heavy (non-hydrogen) atoms. The van der Waals surface area contributed by atoms with Gasteiger partial charge in [0.25, 0.3) is 0 Å². The Morgan fingerprint density at radius 3 is 2.67 bits per heavy atom. The van der Waals surface area contributed by atoms with Crippen molar-refractivity contribution >= 4 is 34.3 Å². The molecule has 0 aliphatic carbocycles. The van der Waals surface area contributed by atoms with E-state index in [1.54, 1.807) is 24.3 Å². The van der Waals surface area contributed by atoms with Crippen molar-refractivity contribution in [2.24, 2.45) is 4.99 Å². The van der Waals surface area contributed by atoms with E-state index >= 15 is 0 Å². The molecule has 0 unspecified atom stereocenters. The summed E-state index contributed by atoms with van der Waals surface area (Å²) in [4.78, 5) is 15.5. The van der Waals surface area contributed by atoms with Gasteiger partial charge in [-0.1, -0.05) is 18.2 Å². The average molecular weight is 355 g/mol. The molecule has 2 N–H and O–H groups in total. The minimum atomic E-state index is -0.451. The van der Waals surface area contributed by atoms with Crippen LogP contribution in [0.4, 0.5) is 10.5 Å². The number of benzene rings is 1. The number of nitrogens with zero attached hydrogens (tertiary/aromatic N) is 2. The third kappa shape index (κ3) is 3.33. The molecule has 0 saturated carbocycles. The van der Waals surface area contributed by atoms with Crippen LogP contribution in [0, 0.1) is 3.70 Å². The minimum Gasteiger partial charge on any atom is -0.428 e. The molecule has 1 aromatic heterocycles. The first-order chi connectivity index (χ1) is 8.65. The molecular formula is C12H10IN3O2. The van der Waals surface area contributed by atoms with Crippen molar-refractivity contribution in [1.29, 1.82) is 0 Å². The lowest BCUT2D eigenvalue weighted by molar-refractivity contribution is 0.176. The van der Waals surface area contributed by atoms with E-state index in [1.165, 1.54) is 6.20 Å². The van der Waals surface area contributed by atoms with Crippen LogP contribution in [0.5, 0.6) is 0 Å². The van der Waals surface area contributed by atoms with E-state index in [2.05, 4.69) is 10.3 Å². The first kappa shape index (κ1) is 12.6. The molecule has 2 aromatic rings. The van der Waals surface area contributed by atoms with Crippen LogP contribution < -0.4 is 10.7 Å². The van der Waals surface area contributed by atoms with Crippen molar-refractivity contribution in [2.45, 2.75) is 0 Å². The number of nitrogens with one attached hydrogen (secondary N) is 1. The zero-order chi connectivity index (χ0) is 13.0. The Morgan fingerprint density at radius 1 is 1.28 bits per heavy atom. The van der Waals surface area contributed by atoms with Gasteiger partial charge >= 0.3 is 6.03 Å². The Hall–Kier alpha value is -1.83. The molecule has 92 valence electrons. The van der Waals surface area contributed by atoms with Crippen molar-refractivity contribution in [3.63, 3.8) is 0 Å². The number of urea groups is 1. The minimum absolute atomic E-state index is 0.451. The first-order valence-corrected chi connectivity index (χ1v) is 6.21. The number of anilines is 1. The topological polar surface area (TPSA) is 66.6 Å². The van der Waals surface area contributed by atoms with E-state index in [-0.39, 0.29) is 0 Å². The molecule has 0 saturated heterocycles. The van der Waals surface area contributed by atoms with Crippen LogP contribution in [0.1, 0.15) is 0 Å². The molecule has 0 spiro atoms. The predicted octanol–water partition coefficient (Wildman–Crippen LogP) is 2.46. The fraction of sp³-hybridized carbons (Fsp3) is 0. The number of carbonyl (C=O) groups excluding carboxylic acids is 1. The van der Waals surface area contributed by atoms with Crippen molar-refractivity contribution < 1.29 is 10.0 Å². The number of pyridine rings is 1. The molecule has 0 aliphatic rings. The van der Waals surface area contributed by atoms with Gasteiger partial charge in [-0.05, 0) is 46.9 Å². The fourth-order valence-electron chi connectivity index (χ4n) is 1.31. The highest BCUT2D eigenvalue weighted by molar-refractivity contribution is 14.1. The van der Waals surface area contributed by atoms with Gasteiger partial charge in [0, 0.05) is 11.9 Å². The third-order valence-electron chi connectivity index (χ3n) is 2.13. The van der Waals surface area contributed by atoms with E-state index in [4.69, 9.17) is 0 Å². The molecule has 0 fully saturated rings. The maximum Gasteiger partial charge on any atom is 0.345 e. The SMILES string of the molecule is O=C(N=c1ccn(O)c(I)c1)Nc1ccccc1. The van der Waals surface area contributed by atoms with Crippen molar-refractivity contribution in [3.05, 3.63) is 57.7 Å². The summed E-state index contributed by atoms with van der Waals surface area (Å²) in [6, 6.07) is 11.8. The van der Waals surface area contributed by atoms with Gasteiger partial charge in [0.15, 0.2) is 0 Å². The molecule has 0 bridgehead atoms. The maximum atomic E-state index is 11.6. The second-order valence-electron chi connectivity index (χ2n) is 3.46. The third-order valence-corrected chi connectivity index (χ3v) is 2.93. The van der Waals surface area contributed by atoms with Gasteiger partial charge in [-0.3, -0.25) is 0 Å². The maximum absolute atomic E-state index is 11.6. The van der Waals surface area contributed by atoms with E-state index in [0.717, 1.165) is 4.73 Å². The largest absolute Gasteiger partial charge is 0.428 e. The summed E-state index contributed by atoms with van der Waals surface area (Å²) in [5, 5.41) is 12.4. The Balaban J connectivity index is 2.18. The average Bonchev–Trinajstić information content (AvgIpc) is 2.35. The number of carbonyl (C=O) groups is 1. The van der Waals surface area contributed by atoms with Gasteiger partial charge in [-0.15, -0.1) is 0 Å². The number of amides is 2. The van der Waals surface area contributed by atoms with Crippen LogP contribution in [0.3, 0.4) is 0 Å². The Morgan fingerprint density at radius 2 is 2.00 bits per heavy atom. The van der Waals surface area contributed by atoms with Crippen LogP contribution in [-0.4, -0.2) is 16.0 Å². The van der Waals surface area contributed by atoms with Crippen molar-refractivity contribution in [1.82, 2.24) is 4.73 Å². The summed E-state index contributed by atoms with van der Waals surface area (Å²) in [7, 11) is 0. The lowest BCUT2D eigenvalue weighted by Crippen LogP contribution is -2.14. The van der Waals surface area contributed by atoms with Crippen molar-refractivity contribution in [3.8, 4) is 0 Å². The fourth-order valence-corrected chi connectivity index (χ4v) is 1.79. The molecule has 5 nitrogen and oxygen atoms in total. The number of rotatable bonds is 1. The Labute approximate surface area is 117 Å². The van der Waals surface area contributed by atoms with Crippen LogP contribution in [0.25, 0.3) is 0 Å². The molecular weight excluding hydrogens is 345 g/mol. The number of para-hydroxylation sites is 1. The number of halogens is 1. The number of aromatic nitrogens is 1. The summed E-state index contributed by atoms with van der Waals surface area (Å²) in [5.74, 6) is 0. The second-order valence-corrected chi connectivity index (χ2v) is 4.57. The molecule has 0 atom stereocenters. The number of hydrogen-bond donors (Lipinski definition) is 2. The van der Waals surface area contributed by atoms with Crippen LogP contribution in [0.2, 0.25) is 0 Å². The zero-order valence-electron chi connectivity index (χ0n) is 9.25. The monoisotopic (exact) mass is 355 g/mol. The lowest BCUT2D eigenvalue weighted by atomic mass is 10.3. The summed E-state index contributed by atoms with van der Waals surface area (Å²) in [5.41, 5.74) is 0.689. The zero-order valence-corrected chi connectivity index (χ0v) is 11.4. The van der Waals surface area contributed by atoms with Gasteiger partial charge in [0.2, 0.25) is 0 Å². The summed E-state index contributed by atoms with van der Waals surface area (Å²) >= 11 is 1.94. The van der Waals surface area contributed by atoms with Gasteiger partial charge in [0.1, 0.15) is 3.70 Å². The molecule has 2 rings (SSSR count). The van der Waals surface area contributed by atoms with E-state index in [9.17, 15) is 10.0 Å². The first-order valence-electron chi connectivity index (χ1n) is 5.13. The van der Waals surface area contributed by atoms with Crippen LogP contribution in [-0.2, 0) is 0 Å². The molecule has 0 radical (unpaired) electrons. The van der Waals surface area contributed by atoms with Crippen LogP contribution in [0.15, 0.2) is 53.7 Å². The quantitative estimate of drug-likeness (QED) is 0.469. The number of hydrogen-bond acceptors (Lipinski definition) is 2. The standard InChI is InChI=1S/C12H10IN3O2/c13-11-8-10(6-7-16(11)18)15-12(17)14-9-4-2-1-3-5-9/h1-8,18H,(H,14,17). The Bertz CT molecular complexity index is 623. The molecule has 0 aliphatic heterocycles. The smallest absolute Gasteiger partial charge is 0.345 e. The molecule has 6 heteroatoms. The highest BCUT2D eigenvalue weighted by Crippen LogP contribution is 2.05. The van der Waals surface area contributed by atoms with E-state index in [1.807, 2.05) is 40.8 Å². The van der Waals surface area contributed by atoms with Crippen molar-refractivity contribution in [2.75, 3.05) is 5.32 Å². The highest BCUT2D eigenvalue weighted by Gasteiger charge is 1.99. The van der Waals surface area contributed by atoms with Crippen LogP contribution >= 0.6 is 22.6 Å². The van der Waals surface area contributed by atoms with E-state index in [0.29, 0.717) is 14.7 Å². The van der Waals surface area contributed by atoms with Gasteiger partial charge in [0.05, 0.1) is 5.36 Å². The molecule has 1 aromatic carbocycles. The van der Waals surface area contributed by atoms with Gasteiger partial charge in [-0.2, -0.15) is 9.72 Å². The van der Waals surface area contributed by atoms with Gasteiger partial charge < -0.3 is 10.5 Å². The summed E-state index contributed by atoms with van der Waals surface area (Å²) in [6.07, 6.45) is 1.43. The van der Waals surface area contributed by atoms with E-state index < -0.39 is 6.03 Å². The molecule has 2 amide bonds. The predicted molar refractivity (Wildman–Crippen MR) is 75.4 cm³/mol. The summed E-state index contributed by atoms with van der Waals surface area (Å²) in [6.45, 7) is 0. The lowest BCUT2D eigenvalue weighted by Gasteiger charge is -2.01. The summed E-state index contributed by atoms with van der Waals surface area (Å²) < 4.78 is 1.52. The van der Waals surface area contributed by atoms with Gasteiger partial charge in [-0.25, -0.2) is 4.79 Å². The molecule has 1 heterocycles. The Kier molecular flexibility index (Phi) is 3.98. The normalized spacial score (nSPS) is 11.3. The second kappa shape index (κ2) is 5.67. The highest BCUT2D eigenvalue weighted by atomic mass is 127.